The summed E-state index contributed by atoms with van der Waals surface area (Å²) in [6.07, 6.45) is -0.962. The van der Waals surface area contributed by atoms with Gasteiger partial charge in [-0.25, -0.2) is 9.59 Å². The topological polar surface area (TPSA) is 52.6 Å². The number of esters is 2. The van der Waals surface area contributed by atoms with Gasteiger partial charge in [0.15, 0.2) is 0 Å². The zero-order valence-electron chi connectivity index (χ0n) is 9.91. The van der Waals surface area contributed by atoms with E-state index in [1.807, 2.05) is 6.07 Å². The van der Waals surface area contributed by atoms with Crippen LogP contribution >= 0.6 is 0 Å². The smallest absolute Gasteiger partial charge is 0.342 e. The number of cyclic esters (lactones) is 1. The normalized spacial score (nSPS) is 16.6. The van der Waals surface area contributed by atoms with Crippen LogP contribution in [0.5, 0.6) is 0 Å². The summed E-state index contributed by atoms with van der Waals surface area (Å²) in [7, 11) is 0. The van der Waals surface area contributed by atoms with Crippen molar-refractivity contribution in [1.82, 2.24) is 0 Å². The zero-order chi connectivity index (χ0) is 13.2. The van der Waals surface area contributed by atoms with Crippen molar-refractivity contribution in [3.8, 4) is 0 Å². The van der Waals surface area contributed by atoms with Crippen LogP contribution in [0.4, 0.5) is 0 Å². The largest absolute Gasteiger partial charge is 0.417 e. The lowest BCUT2D eigenvalue weighted by Gasteiger charge is -2.11. The molecule has 0 amide bonds. The molecule has 0 fully saturated rings. The number of hydrogen-bond acceptors (Lipinski definition) is 4. The quantitative estimate of drug-likeness (QED) is 0.773. The molecule has 2 aromatic carbocycles. The summed E-state index contributed by atoms with van der Waals surface area (Å²) in [5.74, 6) is -0.989. The van der Waals surface area contributed by atoms with Crippen molar-refractivity contribution in [2.24, 2.45) is 0 Å². The number of ether oxygens (including phenoxy) is 2. The molecule has 0 aliphatic carbocycles. The Balaban J connectivity index is 1.83. The van der Waals surface area contributed by atoms with Gasteiger partial charge >= 0.3 is 11.9 Å². The highest BCUT2D eigenvalue weighted by molar-refractivity contribution is 5.95. The Morgan fingerprint density at radius 3 is 2.47 bits per heavy atom. The second-order valence-corrected chi connectivity index (χ2v) is 4.10. The Bertz CT molecular complexity index is 634. The average Bonchev–Trinajstić information content (AvgIpc) is 2.77. The van der Waals surface area contributed by atoms with Gasteiger partial charge < -0.3 is 9.47 Å². The fourth-order valence-corrected chi connectivity index (χ4v) is 1.94. The van der Waals surface area contributed by atoms with Gasteiger partial charge in [0.05, 0.1) is 11.1 Å². The molecule has 1 atom stereocenters. The van der Waals surface area contributed by atoms with E-state index in [4.69, 9.17) is 9.47 Å². The molecule has 4 nitrogen and oxygen atoms in total. The second-order valence-electron chi connectivity index (χ2n) is 4.10. The maximum atomic E-state index is 11.9. The number of fused-ring (bicyclic) bond motifs is 1. The van der Waals surface area contributed by atoms with E-state index in [1.165, 1.54) is 0 Å². The number of benzene rings is 2. The van der Waals surface area contributed by atoms with Gasteiger partial charge in [-0.3, -0.25) is 0 Å². The van der Waals surface area contributed by atoms with Crippen LogP contribution in [-0.4, -0.2) is 11.9 Å². The van der Waals surface area contributed by atoms with Crippen LogP contribution in [0.25, 0.3) is 0 Å². The van der Waals surface area contributed by atoms with Crippen molar-refractivity contribution in [2.45, 2.75) is 6.29 Å². The molecule has 2 aromatic rings. The Morgan fingerprint density at radius 1 is 1.00 bits per heavy atom. The number of carbonyl (C=O) groups is 2. The summed E-state index contributed by atoms with van der Waals surface area (Å²) in [5.41, 5.74) is 1.44. The van der Waals surface area contributed by atoms with E-state index in [0.717, 1.165) is 0 Å². The molecule has 1 aliphatic heterocycles. The van der Waals surface area contributed by atoms with Gasteiger partial charge in [-0.15, -0.1) is 0 Å². The minimum atomic E-state index is -0.962. The van der Waals surface area contributed by atoms with Crippen molar-refractivity contribution in [3.05, 3.63) is 71.3 Å². The minimum Gasteiger partial charge on any atom is -0.417 e. The molecule has 0 radical (unpaired) electrons. The van der Waals surface area contributed by atoms with Gasteiger partial charge in [0, 0.05) is 5.56 Å². The first-order valence-electron chi connectivity index (χ1n) is 5.81. The first kappa shape index (κ1) is 11.5. The molecule has 0 aromatic heterocycles. The highest BCUT2D eigenvalue weighted by atomic mass is 16.7. The van der Waals surface area contributed by atoms with E-state index in [2.05, 4.69) is 0 Å². The molecule has 1 aliphatic rings. The van der Waals surface area contributed by atoms with Crippen molar-refractivity contribution in [1.29, 1.82) is 0 Å². The molecular weight excluding hydrogens is 244 g/mol. The lowest BCUT2D eigenvalue weighted by molar-refractivity contribution is -0.0724. The van der Waals surface area contributed by atoms with E-state index in [1.54, 1.807) is 48.5 Å². The zero-order valence-corrected chi connectivity index (χ0v) is 9.91. The molecular formula is C15H10O4. The number of rotatable bonds is 2. The van der Waals surface area contributed by atoms with Gasteiger partial charge in [-0.05, 0) is 18.2 Å². The van der Waals surface area contributed by atoms with Gasteiger partial charge in [-0.2, -0.15) is 0 Å². The molecule has 19 heavy (non-hydrogen) atoms. The first-order chi connectivity index (χ1) is 9.25. The monoisotopic (exact) mass is 254 g/mol. The molecule has 0 bridgehead atoms. The molecule has 4 heteroatoms. The van der Waals surface area contributed by atoms with Crippen LogP contribution < -0.4 is 0 Å². The molecule has 0 unspecified atom stereocenters. The fourth-order valence-electron chi connectivity index (χ4n) is 1.94. The van der Waals surface area contributed by atoms with Crippen molar-refractivity contribution >= 4 is 11.9 Å². The van der Waals surface area contributed by atoms with E-state index >= 15 is 0 Å². The van der Waals surface area contributed by atoms with Gasteiger partial charge in [0.25, 0.3) is 6.29 Å². The fraction of sp³-hybridized carbons (Fsp3) is 0.0667. The average molecular weight is 254 g/mol. The molecule has 0 N–H and O–H groups in total. The lowest BCUT2D eigenvalue weighted by Crippen LogP contribution is -2.11. The molecule has 94 valence electrons. The highest BCUT2D eigenvalue weighted by Crippen LogP contribution is 2.31. The minimum absolute atomic E-state index is 0.419. The molecule has 1 heterocycles. The van der Waals surface area contributed by atoms with E-state index in [9.17, 15) is 9.59 Å². The summed E-state index contributed by atoms with van der Waals surface area (Å²) in [6.45, 7) is 0. The molecule has 0 saturated carbocycles. The summed E-state index contributed by atoms with van der Waals surface area (Å²) >= 11 is 0. The van der Waals surface area contributed by atoms with Gasteiger partial charge in [-0.1, -0.05) is 36.4 Å². The molecule has 0 saturated heterocycles. The van der Waals surface area contributed by atoms with Gasteiger partial charge in [0.2, 0.25) is 0 Å². The van der Waals surface area contributed by atoms with Crippen LogP contribution in [0.3, 0.4) is 0 Å². The Kier molecular flexibility index (Phi) is 2.76. The van der Waals surface area contributed by atoms with Crippen LogP contribution in [0.1, 0.15) is 32.6 Å². The lowest BCUT2D eigenvalue weighted by atomic mass is 10.1. The van der Waals surface area contributed by atoms with Crippen molar-refractivity contribution in [2.75, 3.05) is 0 Å². The summed E-state index contributed by atoms with van der Waals surface area (Å²) < 4.78 is 10.3. The van der Waals surface area contributed by atoms with Crippen LogP contribution in [0, 0.1) is 0 Å². The number of carbonyl (C=O) groups excluding carboxylic acids is 2. The standard InChI is InChI=1S/C15H10O4/c16-13(10-6-2-1-3-7-10)18-15-12-9-5-4-8-11(12)14(17)19-15/h1-9,15H/t15-/m1/s1. The third kappa shape index (κ3) is 2.08. The predicted molar refractivity (Wildman–Crippen MR) is 66.5 cm³/mol. The van der Waals surface area contributed by atoms with Crippen LogP contribution in [-0.2, 0) is 9.47 Å². The summed E-state index contributed by atoms with van der Waals surface area (Å²) in [5, 5.41) is 0. The third-order valence-electron chi connectivity index (χ3n) is 2.87. The van der Waals surface area contributed by atoms with Crippen molar-refractivity contribution in [3.63, 3.8) is 0 Å². The molecule has 0 spiro atoms. The SMILES string of the molecule is O=C(O[C@@H]1OC(=O)c2ccccc21)c1ccccc1. The summed E-state index contributed by atoms with van der Waals surface area (Å²) in [6, 6.07) is 15.4. The Morgan fingerprint density at radius 2 is 1.68 bits per heavy atom. The maximum absolute atomic E-state index is 11.9. The maximum Gasteiger partial charge on any atom is 0.342 e. The third-order valence-corrected chi connectivity index (χ3v) is 2.87. The van der Waals surface area contributed by atoms with Crippen molar-refractivity contribution < 1.29 is 19.1 Å². The van der Waals surface area contributed by atoms with Gasteiger partial charge in [0.1, 0.15) is 0 Å². The predicted octanol–water partition coefficient (Wildman–Crippen LogP) is 2.71. The second kappa shape index (κ2) is 4.57. The highest BCUT2D eigenvalue weighted by Gasteiger charge is 2.33. The Hall–Kier alpha value is -2.62. The van der Waals surface area contributed by atoms with Crippen LogP contribution in [0.15, 0.2) is 54.6 Å². The van der Waals surface area contributed by atoms with E-state index in [0.29, 0.717) is 16.7 Å². The van der Waals surface area contributed by atoms with E-state index < -0.39 is 18.2 Å². The van der Waals surface area contributed by atoms with E-state index in [-0.39, 0.29) is 0 Å². The van der Waals surface area contributed by atoms with Crippen LogP contribution in [0.2, 0.25) is 0 Å². The summed E-state index contributed by atoms with van der Waals surface area (Å²) in [4.78, 5) is 23.5. The molecule has 3 rings (SSSR count). The number of hydrogen-bond donors (Lipinski definition) is 0. The first-order valence-corrected chi connectivity index (χ1v) is 5.81. The Labute approximate surface area is 109 Å².